The van der Waals surface area contributed by atoms with Gasteiger partial charge in [-0.25, -0.2) is 0 Å². The molecule has 0 bridgehead atoms. The zero-order valence-corrected chi connectivity index (χ0v) is 18.4. The molecule has 4 unspecified atom stereocenters. The maximum absolute atomic E-state index is 6.62. The first-order valence-electron chi connectivity index (χ1n) is 10.1. The summed E-state index contributed by atoms with van der Waals surface area (Å²) in [6.45, 7) is 4.34. The Balaban J connectivity index is 1.55. The van der Waals surface area contributed by atoms with Crippen molar-refractivity contribution in [3.63, 3.8) is 0 Å². The summed E-state index contributed by atoms with van der Waals surface area (Å²) in [7, 11) is 6.38. The highest BCUT2D eigenvalue weighted by molar-refractivity contribution is 5.58. The molecule has 4 atom stereocenters. The van der Waals surface area contributed by atoms with Crippen LogP contribution in [-0.2, 0) is 15.3 Å². The van der Waals surface area contributed by atoms with Crippen LogP contribution in [0.2, 0.25) is 0 Å². The molecule has 31 heavy (non-hydrogen) atoms. The highest BCUT2D eigenvalue weighted by atomic mass is 16.8. The van der Waals surface area contributed by atoms with Crippen LogP contribution in [0.5, 0.6) is 34.5 Å². The van der Waals surface area contributed by atoms with E-state index in [0.29, 0.717) is 34.5 Å². The van der Waals surface area contributed by atoms with Gasteiger partial charge in [0, 0.05) is 11.5 Å². The second kappa shape index (κ2) is 6.83. The van der Waals surface area contributed by atoms with E-state index in [-0.39, 0.29) is 18.8 Å². The van der Waals surface area contributed by atoms with E-state index in [1.54, 1.807) is 28.4 Å². The molecule has 8 nitrogen and oxygen atoms in total. The van der Waals surface area contributed by atoms with Crippen molar-refractivity contribution in [3.05, 3.63) is 35.4 Å². The van der Waals surface area contributed by atoms with Gasteiger partial charge >= 0.3 is 0 Å². The maximum atomic E-state index is 6.62. The molecule has 0 aromatic heterocycles. The molecule has 2 saturated heterocycles. The van der Waals surface area contributed by atoms with Crippen LogP contribution in [0.1, 0.15) is 31.1 Å². The lowest BCUT2D eigenvalue weighted by molar-refractivity contribution is -0.107. The molecule has 8 heteroatoms. The molecule has 0 spiro atoms. The Morgan fingerprint density at radius 2 is 1.55 bits per heavy atom. The Hall–Kier alpha value is -2.84. The van der Waals surface area contributed by atoms with Gasteiger partial charge in [-0.1, -0.05) is 6.92 Å². The fraction of sp³-hybridized carbons (Fsp3) is 0.478. The fourth-order valence-electron chi connectivity index (χ4n) is 4.73. The Morgan fingerprint density at radius 1 is 0.871 bits per heavy atom. The van der Waals surface area contributed by atoms with Crippen molar-refractivity contribution in [3.8, 4) is 34.5 Å². The number of epoxide rings is 1. The summed E-state index contributed by atoms with van der Waals surface area (Å²) in [6, 6.07) is 7.64. The normalized spacial score (nSPS) is 30.0. The minimum Gasteiger partial charge on any atom is -0.493 e. The van der Waals surface area contributed by atoms with Crippen molar-refractivity contribution >= 4 is 0 Å². The van der Waals surface area contributed by atoms with Crippen molar-refractivity contribution < 1.29 is 37.9 Å². The van der Waals surface area contributed by atoms with Gasteiger partial charge in [0.15, 0.2) is 23.0 Å². The van der Waals surface area contributed by atoms with Gasteiger partial charge in [-0.15, -0.1) is 0 Å². The van der Waals surface area contributed by atoms with E-state index >= 15 is 0 Å². The minimum absolute atomic E-state index is 0.0479. The Kier molecular flexibility index (Phi) is 4.43. The largest absolute Gasteiger partial charge is 0.493 e. The van der Waals surface area contributed by atoms with Crippen LogP contribution < -0.4 is 28.4 Å². The van der Waals surface area contributed by atoms with Crippen LogP contribution in [-0.4, -0.2) is 40.8 Å². The third kappa shape index (κ3) is 2.61. The van der Waals surface area contributed by atoms with Crippen LogP contribution in [0.4, 0.5) is 0 Å². The molecule has 0 saturated carbocycles. The zero-order chi connectivity index (χ0) is 22.0. The smallest absolute Gasteiger partial charge is 0.231 e. The number of rotatable bonds is 6. The molecular formula is C23H26O8. The van der Waals surface area contributed by atoms with Gasteiger partial charge in [0.25, 0.3) is 0 Å². The Morgan fingerprint density at radius 3 is 2.16 bits per heavy atom. The van der Waals surface area contributed by atoms with Gasteiger partial charge in [-0.2, -0.15) is 0 Å². The molecule has 2 aromatic rings. The molecule has 166 valence electrons. The first-order valence-corrected chi connectivity index (χ1v) is 10.1. The summed E-state index contributed by atoms with van der Waals surface area (Å²) >= 11 is 0. The van der Waals surface area contributed by atoms with Gasteiger partial charge in [-0.05, 0) is 36.8 Å². The van der Waals surface area contributed by atoms with Crippen molar-refractivity contribution in [2.45, 2.75) is 31.3 Å². The highest BCUT2D eigenvalue weighted by Crippen LogP contribution is 2.71. The van der Waals surface area contributed by atoms with E-state index < -0.39 is 11.4 Å². The van der Waals surface area contributed by atoms with Crippen molar-refractivity contribution in [2.75, 3.05) is 35.2 Å². The lowest BCUT2D eigenvalue weighted by Gasteiger charge is -2.23. The van der Waals surface area contributed by atoms with E-state index in [9.17, 15) is 0 Å². The first kappa shape index (κ1) is 20.1. The minimum atomic E-state index is -0.911. The number of methoxy groups -OCH3 is 4. The number of ether oxygens (including phenoxy) is 8. The number of fused-ring (bicyclic) bond motifs is 2. The van der Waals surface area contributed by atoms with Crippen LogP contribution in [0, 0.1) is 5.92 Å². The Labute approximate surface area is 180 Å². The molecule has 5 rings (SSSR count). The molecule has 0 aliphatic carbocycles. The zero-order valence-electron chi connectivity index (χ0n) is 18.4. The van der Waals surface area contributed by atoms with Gasteiger partial charge in [0.2, 0.25) is 24.1 Å². The summed E-state index contributed by atoms with van der Waals surface area (Å²) < 4.78 is 46.0. The molecule has 3 heterocycles. The van der Waals surface area contributed by atoms with E-state index in [2.05, 4.69) is 13.8 Å². The van der Waals surface area contributed by atoms with Crippen LogP contribution >= 0.6 is 0 Å². The van der Waals surface area contributed by atoms with Gasteiger partial charge in [0.1, 0.15) is 5.60 Å². The average molecular weight is 430 g/mol. The fourth-order valence-corrected chi connectivity index (χ4v) is 4.73. The molecule has 0 radical (unpaired) electrons. The molecule has 0 N–H and O–H groups in total. The summed E-state index contributed by atoms with van der Waals surface area (Å²) in [5.41, 5.74) is 1.24. The summed E-state index contributed by atoms with van der Waals surface area (Å²) in [5, 5.41) is 0. The molecule has 2 aromatic carbocycles. The number of hydrogen-bond donors (Lipinski definition) is 0. The molecule has 3 aliphatic rings. The predicted molar refractivity (Wildman–Crippen MR) is 109 cm³/mol. The van der Waals surface area contributed by atoms with Crippen LogP contribution in [0.3, 0.4) is 0 Å². The molecule has 2 fully saturated rings. The van der Waals surface area contributed by atoms with Gasteiger partial charge in [0.05, 0.1) is 34.5 Å². The molecule has 0 amide bonds. The number of benzene rings is 2. The maximum Gasteiger partial charge on any atom is 0.231 e. The third-order valence-electron chi connectivity index (χ3n) is 6.64. The first-order chi connectivity index (χ1) is 14.9. The summed E-state index contributed by atoms with van der Waals surface area (Å²) in [5.74, 6) is 2.65. The SMILES string of the molecule is COc1cc(C2OC3(c4cc(OC)c5c(c4)OCO5)OC3(C)C2C)cc(OC)c1OC. The summed E-state index contributed by atoms with van der Waals surface area (Å²) in [4.78, 5) is 0. The van der Waals surface area contributed by atoms with Crippen LogP contribution in [0.15, 0.2) is 24.3 Å². The third-order valence-corrected chi connectivity index (χ3v) is 6.64. The van der Waals surface area contributed by atoms with Crippen LogP contribution in [0.25, 0.3) is 0 Å². The standard InChI is InChI=1S/C23H26O8/c1-12-19(13-7-15(24-3)20(27-6)16(8-13)25-4)30-23(22(12,2)31-23)14-9-17(26-5)21-18(10-14)28-11-29-21/h7-10,12,19H,11H2,1-6H3. The monoisotopic (exact) mass is 430 g/mol. The molecule has 3 aliphatic heterocycles. The quantitative estimate of drug-likeness (QED) is 0.641. The van der Waals surface area contributed by atoms with E-state index in [1.807, 2.05) is 24.3 Å². The average Bonchev–Trinajstić information content (AvgIpc) is 3.07. The van der Waals surface area contributed by atoms with E-state index in [4.69, 9.17) is 37.9 Å². The molecular weight excluding hydrogens is 404 g/mol. The van der Waals surface area contributed by atoms with E-state index in [0.717, 1.165) is 11.1 Å². The highest BCUT2D eigenvalue weighted by Gasteiger charge is 2.79. The van der Waals surface area contributed by atoms with Crippen molar-refractivity contribution in [2.24, 2.45) is 5.92 Å². The predicted octanol–water partition coefficient (Wildman–Crippen LogP) is 3.80. The lowest BCUT2D eigenvalue weighted by atomic mass is 9.85. The number of hydrogen-bond acceptors (Lipinski definition) is 8. The summed E-state index contributed by atoms with van der Waals surface area (Å²) in [6.07, 6.45) is -0.246. The Bertz CT molecular complexity index is 1010. The van der Waals surface area contributed by atoms with E-state index in [1.165, 1.54) is 0 Å². The topological polar surface area (TPSA) is 77.1 Å². The second-order valence-corrected chi connectivity index (χ2v) is 8.02. The van der Waals surface area contributed by atoms with Gasteiger partial charge in [-0.3, -0.25) is 0 Å². The van der Waals surface area contributed by atoms with Crippen molar-refractivity contribution in [1.29, 1.82) is 0 Å². The lowest BCUT2D eigenvalue weighted by Crippen LogP contribution is -2.21. The van der Waals surface area contributed by atoms with Crippen molar-refractivity contribution in [1.82, 2.24) is 0 Å². The van der Waals surface area contributed by atoms with Gasteiger partial charge < -0.3 is 37.9 Å². The second-order valence-electron chi connectivity index (χ2n) is 8.02.